The molecule has 0 rings (SSSR count). The van der Waals surface area contributed by atoms with Crippen LogP contribution in [-0.2, 0) is 4.79 Å². The van der Waals surface area contributed by atoms with Crippen molar-refractivity contribution in [1.29, 1.82) is 0 Å². The molecule has 0 saturated carbocycles. The number of carbonyl (C=O) groups excluding carboxylic acids is 1. The van der Waals surface area contributed by atoms with Crippen LogP contribution >= 0.6 is 0 Å². The molecule has 0 fully saturated rings. The van der Waals surface area contributed by atoms with Gasteiger partial charge in [0.25, 0.3) is 0 Å². The highest BCUT2D eigenvalue weighted by Crippen LogP contribution is 2.08. The van der Waals surface area contributed by atoms with Gasteiger partial charge in [-0.1, -0.05) is 44.1 Å². The first-order valence-corrected chi connectivity index (χ1v) is 8.29. The van der Waals surface area contributed by atoms with E-state index < -0.39 is 0 Å². The number of unbranched alkanes of at least 4 members (excludes halogenated alkanes) is 6. The minimum absolute atomic E-state index is 0.252. The lowest BCUT2D eigenvalue weighted by molar-refractivity contribution is -0.427. The number of rotatable bonds is 14. The van der Waals surface area contributed by atoms with Crippen LogP contribution in [0.2, 0.25) is 0 Å². The van der Waals surface area contributed by atoms with E-state index in [4.69, 9.17) is 0 Å². The molecule has 124 valence electrons. The fraction of sp³-hybridized carbons (Fsp3) is 0.611. The van der Waals surface area contributed by atoms with Crippen LogP contribution in [0.25, 0.3) is 0 Å². The van der Waals surface area contributed by atoms with E-state index in [0.717, 1.165) is 32.0 Å². The Morgan fingerprint density at radius 3 is 2.23 bits per heavy atom. The number of carbonyl (C=O) groups is 1. The number of aldehydes is 1. The van der Waals surface area contributed by atoms with Crippen molar-refractivity contribution < 1.29 is 9.72 Å². The Morgan fingerprint density at radius 2 is 1.59 bits per heavy atom. The molecule has 0 aromatic carbocycles. The van der Waals surface area contributed by atoms with Crippen molar-refractivity contribution in [3.63, 3.8) is 0 Å². The molecule has 4 heteroatoms. The smallest absolute Gasteiger partial charge is 0.246 e. The molecule has 0 N–H and O–H groups in total. The summed E-state index contributed by atoms with van der Waals surface area (Å²) in [5, 5.41) is 11.0. The molecule has 0 saturated heterocycles. The number of nitrogens with zero attached hydrogens (tertiary/aromatic N) is 1. The summed E-state index contributed by atoms with van der Waals surface area (Å²) < 4.78 is 0. The van der Waals surface area contributed by atoms with Gasteiger partial charge >= 0.3 is 0 Å². The second-order valence-corrected chi connectivity index (χ2v) is 5.28. The predicted molar refractivity (Wildman–Crippen MR) is 91.3 cm³/mol. The van der Waals surface area contributed by atoms with Crippen molar-refractivity contribution in [2.24, 2.45) is 0 Å². The van der Waals surface area contributed by atoms with Crippen LogP contribution < -0.4 is 0 Å². The van der Waals surface area contributed by atoms with Crippen molar-refractivity contribution in [1.82, 2.24) is 0 Å². The summed E-state index contributed by atoms with van der Waals surface area (Å²) in [5.41, 5.74) is 0.252. The van der Waals surface area contributed by atoms with Gasteiger partial charge in [-0.25, -0.2) is 0 Å². The summed E-state index contributed by atoms with van der Waals surface area (Å²) in [7, 11) is 0. The molecule has 0 aliphatic rings. The summed E-state index contributed by atoms with van der Waals surface area (Å²) in [5.74, 6) is 0. The molecule has 0 heterocycles. The normalized spacial score (nSPS) is 12.3. The summed E-state index contributed by atoms with van der Waals surface area (Å²) in [6, 6.07) is 0. The molecule has 0 aliphatic carbocycles. The van der Waals surface area contributed by atoms with Crippen molar-refractivity contribution in [2.75, 3.05) is 0 Å². The Morgan fingerprint density at radius 1 is 0.955 bits per heavy atom. The second-order valence-electron chi connectivity index (χ2n) is 5.28. The fourth-order valence-electron chi connectivity index (χ4n) is 1.97. The molecule has 0 aliphatic heterocycles. The molecule has 0 spiro atoms. The zero-order valence-electron chi connectivity index (χ0n) is 13.7. The van der Waals surface area contributed by atoms with Gasteiger partial charge in [-0.2, -0.15) is 0 Å². The number of hydrogen-bond acceptors (Lipinski definition) is 3. The van der Waals surface area contributed by atoms with Gasteiger partial charge in [0.15, 0.2) is 0 Å². The van der Waals surface area contributed by atoms with Crippen molar-refractivity contribution in [2.45, 2.75) is 71.1 Å². The average Bonchev–Trinajstić information content (AvgIpc) is 2.50. The molecule has 0 bridgehead atoms. The van der Waals surface area contributed by atoms with Gasteiger partial charge in [0.05, 0.1) is 11.3 Å². The molecular weight excluding hydrogens is 278 g/mol. The largest absolute Gasteiger partial charge is 0.303 e. The zero-order valence-corrected chi connectivity index (χ0v) is 13.7. The monoisotopic (exact) mass is 307 g/mol. The van der Waals surface area contributed by atoms with Crippen LogP contribution in [0.1, 0.15) is 71.1 Å². The first-order valence-electron chi connectivity index (χ1n) is 8.29. The van der Waals surface area contributed by atoms with E-state index in [0.29, 0.717) is 19.3 Å². The third-order valence-corrected chi connectivity index (χ3v) is 3.30. The maximum Gasteiger partial charge on any atom is 0.246 e. The van der Waals surface area contributed by atoms with Crippen LogP contribution in [0.15, 0.2) is 36.1 Å². The summed E-state index contributed by atoms with van der Waals surface area (Å²) in [4.78, 5) is 20.8. The van der Waals surface area contributed by atoms with E-state index in [1.807, 2.05) is 18.2 Å². The fourth-order valence-corrected chi connectivity index (χ4v) is 1.97. The van der Waals surface area contributed by atoms with Crippen molar-refractivity contribution in [3.8, 4) is 0 Å². The maximum absolute atomic E-state index is 11.0. The quantitative estimate of drug-likeness (QED) is 0.142. The van der Waals surface area contributed by atoms with Crippen LogP contribution in [-0.4, -0.2) is 11.2 Å². The molecular formula is C18H29NO3. The number of allylic oxidation sites excluding steroid dienone is 5. The van der Waals surface area contributed by atoms with Crippen molar-refractivity contribution in [3.05, 3.63) is 46.2 Å². The van der Waals surface area contributed by atoms with Crippen LogP contribution in [0.3, 0.4) is 0 Å². The lowest BCUT2D eigenvalue weighted by Crippen LogP contribution is -1.97. The third-order valence-electron chi connectivity index (χ3n) is 3.30. The van der Waals surface area contributed by atoms with Gasteiger partial charge in [0.2, 0.25) is 5.70 Å². The number of nitro groups is 1. The Hall–Kier alpha value is -1.71. The topological polar surface area (TPSA) is 60.2 Å². The first-order chi connectivity index (χ1) is 10.7. The highest BCUT2D eigenvalue weighted by Gasteiger charge is 2.06. The van der Waals surface area contributed by atoms with E-state index in [-0.39, 0.29) is 10.6 Å². The molecule has 0 atom stereocenters. The molecule has 0 aromatic rings. The lowest BCUT2D eigenvalue weighted by atomic mass is 10.1. The summed E-state index contributed by atoms with van der Waals surface area (Å²) >= 11 is 0. The van der Waals surface area contributed by atoms with E-state index >= 15 is 0 Å². The maximum atomic E-state index is 11.0. The van der Waals surface area contributed by atoms with Crippen molar-refractivity contribution >= 4 is 6.29 Å². The highest BCUT2D eigenvalue weighted by molar-refractivity contribution is 5.48. The zero-order chi connectivity index (χ0) is 16.5. The first kappa shape index (κ1) is 20.3. The molecule has 0 unspecified atom stereocenters. The van der Waals surface area contributed by atoms with E-state index in [2.05, 4.69) is 13.0 Å². The highest BCUT2D eigenvalue weighted by atomic mass is 16.6. The van der Waals surface area contributed by atoms with Gasteiger partial charge in [0, 0.05) is 6.42 Å². The van der Waals surface area contributed by atoms with E-state index in [9.17, 15) is 14.9 Å². The molecule has 0 aromatic heterocycles. The minimum atomic E-state index is -0.304. The minimum Gasteiger partial charge on any atom is -0.303 e. The Labute approximate surface area is 134 Å². The molecule has 4 nitrogen and oxygen atoms in total. The van der Waals surface area contributed by atoms with E-state index in [1.54, 1.807) is 6.08 Å². The standard InChI is InChI=1S/C18H29NO3/c1-2-3-4-5-6-9-12-15-18(19(21)22)16-13-10-7-8-11-14-17-20/h6,9-10,13,15,17H,2-5,7-8,11-12,14,16H2,1H3/b9-6-,13-10-,18-15+. The Kier molecular flexibility index (Phi) is 14.5. The second kappa shape index (κ2) is 15.7. The van der Waals surface area contributed by atoms with Crippen LogP contribution in [0.4, 0.5) is 0 Å². The molecule has 22 heavy (non-hydrogen) atoms. The summed E-state index contributed by atoms with van der Waals surface area (Å²) in [6.45, 7) is 2.17. The van der Waals surface area contributed by atoms with E-state index in [1.165, 1.54) is 19.3 Å². The average molecular weight is 307 g/mol. The SMILES string of the molecule is CCCCC/C=C\C/C=C(\C/C=C\CCCCC=O)[N+](=O)[O-]. The molecule has 0 amide bonds. The summed E-state index contributed by atoms with van der Waals surface area (Å²) in [6.07, 6.45) is 19.5. The lowest BCUT2D eigenvalue weighted by Gasteiger charge is -1.95. The molecule has 0 radical (unpaired) electrons. The number of hydrogen-bond donors (Lipinski definition) is 0. The Bertz CT molecular complexity index is 384. The van der Waals surface area contributed by atoms with Gasteiger partial charge in [-0.3, -0.25) is 10.1 Å². The van der Waals surface area contributed by atoms with Gasteiger partial charge in [-0.15, -0.1) is 0 Å². The van der Waals surface area contributed by atoms with Crippen LogP contribution in [0, 0.1) is 10.1 Å². The van der Waals surface area contributed by atoms with Gasteiger partial charge in [0.1, 0.15) is 6.29 Å². The van der Waals surface area contributed by atoms with Gasteiger partial charge in [-0.05, 0) is 44.6 Å². The van der Waals surface area contributed by atoms with Crippen LogP contribution in [0.5, 0.6) is 0 Å². The van der Waals surface area contributed by atoms with Gasteiger partial charge < -0.3 is 4.79 Å². The third kappa shape index (κ3) is 13.3. The predicted octanol–water partition coefficient (Wildman–Crippen LogP) is 5.38. The Balaban J connectivity index is 3.98.